The molecule has 48 heavy (non-hydrogen) atoms. The first kappa shape index (κ1) is 40.8. The van der Waals surface area contributed by atoms with E-state index < -0.39 is 111 Å². The molecule has 18 heteroatoms. The number of unbranched alkanes of at least 4 members (excludes halogenated alkanes) is 5. The molecule has 1 amide bonds. The minimum atomic E-state index is -1.87. The Morgan fingerprint density at radius 3 is 1.88 bits per heavy atom. The highest BCUT2D eigenvalue weighted by Gasteiger charge is 2.53. The van der Waals surface area contributed by atoms with Crippen LogP contribution in [0.2, 0.25) is 0 Å². The van der Waals surface area contributed by atoms with Gasteiger partial charge in [0.25, 0.3) is 0 Å². The van der Waals surface area contributed by atoms with Gasteiger partial charge in [-0.05, 0) is 19.8 Å². The van der Waals surface area contributed by atoms with Crippen LogP contribution in [-0.2, 0) is 42.7 Å². The Balaban J connectivity index is 1.62. The third-order valence-electron chi connectivity index (χ3n) is 8.72. The summed E-state index contributed by atoms with van der Waals surface area (Å²) in [7, 11) is 1.36. The molecule has 0 aromatic heterocycles. The zero-order valence-electron chi connectivity index (χ0n) is 27.5. The number of rotatable bonds is 17. The van der Waals surface area contributed by atoms with Crippen LogP contribution in [0.1, 0.15) is 58.8 Å². The van der Waals surface area contributed by atoms with Crippen LogP contribution in [0.3, 0.4) is 0 Å². The first-order chi connectivity index (χ1) is 22.8. The van der Waals surface area contributed by atoms with E-state index in [-0.39, 0.29) is 12.6 Å². The molecule has 0 spiro atoms. The van der Waals surface area contributed by atoms with Crippen molar-refractivity contribution in [3.05, 3.63) is 0 Å². The Morgan fingerprint density at radius 1 is 0.667 bits per heavy atom. The summed E-state index contributed by atoms with van der Waals surface area (Å²) in [4.78, 5) is 23.0. The molecule has 0 saturated carbocycles. The van der Waals surface area contributed by atoms with Crippen LogP contribution in [0.15, 0.2) is 0 Å². The zero-order valence-corrected chi connectivity index (χ0v) is 27.5. The van der Waals surface area contributed by atoms with Gasteiger partial charge in [-0.15, -0.1) is 0 Å². The number of esters is 1. The second kappa shape index (κ2) is 19.7. The van der Waals surface area contributed by atoms with Crippen molar-refractivity contribution in [2.24, 2.45) is 0 Å². The lowest BCUT2D eigenvalue weighted by Gasteiger charge is -2.48. The van der Waals surface area contributed by atoms with Gasteiger partial charge in [0.1, 0.15) is 67.1 Å². The zero-order chi connectivity index (χ0) is 35.5. The Morgan fingerprint density at radius 2 is 1.25 bits per heavy atom. The maximum absolute atomic E-state index is 11.8. The molecule has 0 aromatic carbocycles. The molecular formula is C30H53NO17. The Kier molecular flexibility index (Phi) is 16.7. The molecule has 0 bridgehead atoms. The molecular weight excluding hydrogens is 646 g/mol. The predicted molar refractivity (Wildman–Crippen MR) is 160 cm³/mol. The molecule has 9 N–H and O–H groups in total. The minimum absolute atomic E-state index is 0.209. The molecule has 3 aliphatic rings. The minimum Gasteiger partial charge on any atom is -0.469 e. The van der Waals surface area contributed by atoms with E-state index in [2.05, 4.69) is 10.1 Å². The van der Waals surface area contributed by atoms with Crippen LogP contribution >= 0.6 is 0 Å². The summed E-state index contributed by atoms with van der Waals surface area (Å²) in [6.45, 7) is 1.37. The summed E-state index contributed by atoms with van der Waals surface area (Å²) in [6, 6.07) is -1.37. The molecule has 3 rings (SSSR count). The highest BCUT2D eigenvalue weighted by Crippen LogP contribution is 2.32. The smallest absolute Gasteiger partial charge is 0.305 e. The third kappa shape index (κ3) is 10.7. The summed E-state index contributed by atoms with van der Waals surface area (Å²) in [5, 5.41) is 86.4. The van der Waals surface area contributed by atoms with Gasteiger partial charge >= 0.3 is 5.97 Å². The van der Waals surface area contributed by atoms with Gasteiger partial charge in [0.15, 0.2) is 18.9 Å². The summed E-state index contributed by atoms with van der Waals surface area (Å²) in [5.74, 6) is -0.854. The van der Waals surface area contributed by atoms with Crippen LogP contribution in [0.4, 0.5) is 0 Å². The van der Waals surface area contributed by atoms with Gasteiger partial charge in [0, 0.05) is 20.0 Å². The Labute approximate surface area is 278 Å². The van der Waals surface area contributed by atoms with E-state index >= 15 is 0 Å². The number of methoxy groups -OCH3 is 1. The first-order valence-electron chi connectivity index (χ1n) is 16.4. The van der Waals surface area contributed by atoms with Crippen LogP contribution in [0.5, 0.6) is 0 Å². The van der Waals surface area contributed by atoms with E-state index in [1.165, 1.54) is 14.0 Å². The second-order valence-electron chi connectivity index (χ2n) is 12.4. The molecule has 18 nitrogen and oxygen atoms in total. The highest BCUT2D eigenvalue weighted by atomic mass is 16.8. The Bertz CT molecular complexity index is 976. The lowest BCUT2D eigenvalue weighted by atomic mass is 9.95. The number of aliphatic hydroxyl groups excluding tert-OH is 8. The number of carbonyl (C=O) groups is 2. The summed E-state index contributed by atoms with van der Waals surface area (Å²) < 4.78 is 39.1. The number of amides is 1. The van der Waals surface area contributed by atoms with E-state index in [1.807, 2.05) is 0 Å². The molecule has 15 atom stereocenters. The molecule has 3 heterocycles. The molecule has 280 valence electrons. The van der Waals surface area contributed by atoms with Crippen molar-refractivity contribution in [3.63, 3.8) is 0 Å². The average Bonchev–Trinajstić information content (AvgIpc) is 3.06. The summed E-state index contributed by atoms with van der Waals surface area (Å²) in [6.07, 6.45) is -15.6. The second-order valence-corrected chi connectivity index (χ2v) is 12.4. The monoisotopic (exact) mass is 699 g/mol. The van der Waals surface area contributed by atoms with Crippen molar-refractivity contribution in [1.29, 1.82) is 0 Å². The van der Waals surface area contributed by atoms with Gasteiger partial charge < -0.3 is 79.3 Å². The fourth-order valence-electron chi connectivity index (χ4n) is 5.89. The van der Waals surface area contributed by atoms with Crippen LogP contribution in [-0.4, -0.2) is 172 Å². The lowest BCUT2D eigenvalue weighted by Crippen LogP contribution is -2.68. The molecule has 3 saturated heterocycles. The fourth-order valence-corrected chi connectivity index (χ4v) is 5.89. The van der Waals surface area contributed by atoms with Crippen molar-refractivity contribution in [2.45, 2.75) is 151 Å². The molecule has 0 unspecified atom stereocenters. The van der Waals surface area contributed by atoms with Gasteiger partial charge in [0.05, 0.1) is 26.4 Å². The maximum Gasteiger partial charge on any atom is 0.305 e. The molecule has 0 aromatic rings. The largest absolute Gasteiger partial charge is 0.469 e. The van der Waals surface area contributed by atoms with E-state index in [0.29, 0.717) is 12.8 Å². The molecule has 3 fully saturated rings. The lowest BCUT2D eigenvalue weighted by molar-refractivity contribution is -0.378. The Hall–Kier alpha value is -1.62. The topological polar surface area (TPSA) is 273 Å². The number of nitrogens with one attached hydrogen (secondary N) is 1. The van der Waals surface area contributed by atoms with Gasteiger partial charge in [-0.1, -0.05) is 25.7 Å². The van der Waals surface area contributed by atoms with Gasteiger partial charge in [-0.2, -0.15) is 0 Å². The van der Waals surface area contributed by atoms with Gasteiger partial charge in [-0.3, -0.25) is 9.59 Å². The average molecular weight is 700 g/mol. The molecule has 3 aliphatic heterocycles. The quantitative estimate of drug-likeness (QED) is 0.0527. The van der Waals surface area contributed by atoms with Crippen molar-refractivity contribution >= 4 is 11.9 Å². The van der Waals surface area contributed by atoms with Crippen molar-refractivity contribution < 1.29 is 83.6 Å². The maximum atomic E-state index is 11.8. The number of hydrogen-bond acceptors (Lipinski definition) is 17. The van der Waals surface area contributed by atoms with Crippen molar-refractivity contribution in [2.75, 3.05) is 26.9 Å². The first-order valence-corrected chi connectivity index (χ1v) is 16.4. The predicted octanol–water partition coefficient (Wildman–Crippen LogP) is -3.47. The van der Waals surface area contributed by atoms with Crippen molar-refractivity contribution in [3.8, 4) is 0 Å². The number of aliphatic hydroxyl groups is 8. The van der Waals surface area contributed by atoms with Gasteiger partial charge in [-0.25, -0.2) is 0 Å². The van der Waals surface area contributed by atoms with E-state index in [1.54, 1.807) is 0 Å². The van der Waals surface area contributed by atoms with E-state index in [9.17, 15) is 50.4 Å². The van der Waals surface area contributed by atoms with Crippen molar-refractivity contribution in [1.82, 2.24) is 5.32 Å². The molecule has 0 radical (unpaired) electrons. The summed E-state index contributed by atoms with van der Waals surface area (Å²) in [5.41, 5.74) is 0. The van der Waals surface area contributed by atoms with Crippen LogP contribution < -0.4 is 5.32 Å². The summed E-state index contributed by atoms with van der Waals surface area (Å²) >= 11 is 0. The number of carbonyl (C=O) groups excluding carboxylic acids is 2. The molecule has 0 aliphatic carbocycles. The normalized spacial score (nSPS) is 40.4. The highest BCUT2D eigenvalue weighted by molar-refractivity contribution is 5.73. The number of ether oxygens (including phenoxy) is 7. The fraction of sp³-hybridized carbons (Fsp3) is 0.933. The van der Waals surface area contributed by atoms with Gasteiger partial charge in [0.2, 0.25) is 5.91 Å². The SMILES string of the molecule is COC(=O)CCCCCCCCO[C@@H]1O[C@H](C)[C@@H](O)[C@H](O)[C@H]1O[C@@H]1O[C@H](CO)[C@@H](O[C@H]2O[C@@H](CO)[C@H](O)[C@@H](O)[C@@H]2NC(C)=O)[C@H](O)[C@H]1O. The van der Waals surface area contributed by atoms with E-state index in [4.69, 9.17) is 28.4 Å². The van der Waals surface area contributed by atoms with E-state index in [0.717, 1.165) is 39.0 Å². The number of hydrogen-bond donors (Lipinski definition) is 9. The van der Waals surface area contributed by atoms with Crippen LogP contribution in [0.25, 0.3) is 0 Å². The standard InChI is InChI=1S/C30H53NO17/c1-14-20(36)23(39)27(30(44-14)43-11-9-7-5-4-6-8-10-18(35)42-3)48-29-25(41)24(40)26(17(13-33)46-29)47-28-19(31-15(2)34)22(38)21(37)16(12-32)45-28/h14,16-17,19-30,32-33,36-41H,4-13H2,1-3H3,(H,31,34)/t14-,16+,17-,19+,20-,21+,22+,23+,24-,25-,26-,27-,28-,29+,30-/m1/s1. The van der Waals surface area contributed by atoms with Crippen LogP contribution in [0, 0.1) is 0 Å². The third-order valence-corrected chi connectivity index (χ3v) is 8.72.